The summed E-state index contributed by atoms with van der Waals surface area (Å²) in [4.78, 5) is 23.9. The lowest BCUT2D eigenvalue weighted by Crippen LogP contribution is -2.13. The molecule has 2 aromatic heterocycles. The standard InChI is InChI=1S/C6H4N2O3.C4H4S/c9-3-1-2-4(8-3)5(10)6(11)7-2;1-2-4-5-3-1/h1,8-9H,(H,7,10,11);1-4H. The lowest BCUT2D eigenvalue weighted by atomic mass is 10.3. The molecule has 0 aliphatic carbocycles. The Bertz CT molecular complexity index is 499. The highest BCUT2D eigenvalue weighted by Gasteiger charge is 2.30. The van der Waals surface area contributed by atoms with Crippen LogP contribution in [-0.4, -0.2) is 21.8 Å². The van der Waals surface area contributed by atoms with E-state index >= 15 is 0 Å². The van der Waals surface area contributed by atoms with E-state index in [9.17, 15) is 9.59 Å². The minimum absolute atomic E-state index is 0.122. The summed E-state index contributed by atoms with van der Waals surface area (Å²) < 4.78 is 0. The Balaban J connectivity index is 0.000000162. The summed E-state index contributed by atoms with van der Waals surface area (Å²) in [6.45, 7) is 0. The van der Waals surface area contributed by atoms with Gasteiger partial charge in [-0.25, -0.2) is 0 Å². The molecule has 16 heavy (non-hydrogen) atoms. The van der Waals surface area contributed by atoms with E-state index in [0.29, 0.717) is 5.69 Å². The molecule has 1 aliphatic rings. The molecule has 1 amide bonds. The Morgan fingerprint density at radius 2 is 1.88 bits per heavy atom. The van der Waals surface area contributed by atoms with Crippen LogP contribution in [0.3, 0.4) is 0 Å². The van der Waals surface area contributed by atoms with Crippen LogP contribution in [0.4, 0.5) is 5.69 Å². The van der Waals surface area contributed by atoms with Crippen molar-refractivity contribution in [1.29, 1.82) is 0 Å². The Kier molecular flexibility index (Phi) is 2.74. The summed E-state index contributed by atoms with van der Waals surface area (Å²) in [5, 5.41) is 15.2. The third-order valence-corrected chi connectivity index (χ3v) is 2.54. The predicted octanol–water partition coefficient (Wildman–Crippen LogP) is 1.60. The number of ketones is 1. The SMILES string of the molecule is O=C1Nc2cc(O)[nH]c2C1=O.c1ccsc1. The molecule has 0 atom stereocenters. The van der Waals surface area contributed by atoms with Crippen molar-refractivity contribution in [1.82, 2.24) is 4.98 Å². The molecule has 2 aromatic rings. The third kappa shape index (κ3) is 1.96. The van der Waals surface area contributed by atoms with Crippen molar-refractivity contribution in [2.24, 2.45) is 0 Å². The second-order valence-electron chi connectivity index (χ2n) is 3.02. The molecule has 3 rings (SSSR count). The van der Waals surface area contributed by atoms with Gasteiger partial charge in [-0.05, 0) is 10.8 Å². The lowest BCUT2D eigenvalue weighted by Gasteiger charge is -1.85. The first-order chi connectivity index (χ1) is 7.68. The average molecular weight is 236 g/mol. The highest BCUT2D eigenvalue weighted by atomic mass is 32.1. The zero-order valence-corrected chi connectivity index (χ0v) is 8.88. The monoisotopic (exact) mass is 236 g/mol. The van der Waals surface area contributed by atoms with Crippen LogP contribution < -0.4 is 5.32 Å². The largest absolute Gasteiger partial charge is 0.495 e. The molecule has 0 aromatic carbocycles. The molecule has 0 radical (unpaired) electrons. The quantitative estimate of drug-likeness (QED) is 0.608. The van der Waals surface area contributed by atoms with Crippen LogP contribution in [-0.2, 0) is 4.79 Å². The Morgan fingerprint density at radius 3 is 2.38 bits per heavy atom. The van der Waals surface area contributed by atoms with Crippen molar-refractivity contribution in [2.75, 3.05) is 5.32 Å². The minimum Gasteiger partial charge on any atom is -0.495 e. The Hall–Kier alpha value is -2.08. The number of anilines is 1. The zero-order chi connectivity index (χ0) is 11.5. The van der Waals surface area contributed by atoms with Gasteiger partial charge in [-0.1, -0.05) is 12.1 Å². The number of thiophene rings is 1. The Labute approximate surface area is 94.7 Å². The topological polar surface area (TPSA) is 82.2 Å². The summed E-state index contributed by atoms with van der Waals surface area (Å²) in [6.07, 6.45) is 0. The van der Waals surface area contributed by atoms with Gasteiger partial charge in [0.15, 0.2) is 5.88 Å². The van der Waals surface area contributed by atoms with E-state index in [4.69, 9.17) is 5.11 Å². The van der Waals surface area contributed by atoms with Gasteiger partial charge in [0.05, 0.1) is 5.69 Å². The number of carbonyl (C=O) groups is 2. The van der Waals surface area contributed by atoms with Crippen molar-refractivity contribution in [3.05, 3.63) is 34.7 Å². The fourth-order valence-electron chi connectivity index (χ4n) is 1.24. The summed E-state index contributed by atoms with van der Waals surface area (Å²) in [5.74, 6) is -1.42. The number of rotatable bonds is 0. The van der Waals surface area contributed by atoms with Gasteiger partial charge in [0.1, 0.15) is 5.69 Å². The van der Waals surface area contributed by atoms with Gasteiger partial charge in [0, 0.05) is 6.07 Å². The van der Waals surface area contributed by atoms with Gasteiger partial charge in [-0.2, -0.15) is 11.3 Å². The van der Waals surface area contributed by atoms with Crippen LogP contribution in [0, 0.1) is 0 Å². The van der Waals surface area contributed by atoms with Crippen LogP contribution in [0.1, 0.15) is 10.5 Å². The first kappa shape index (κ1) is 10.4. The molecular weight excluding hydrogens is 228 g/mol. The van der Waals surface area contributed by atoms with Gasteiger partial charge in [0.25, 0.3) is 11.7 Å². The van der Waals surface area contributed by atoms with Gasteiger partial charge in [-0.15, -0.1) is 0 Å². The van der Waals surface area contributed by atoms with E-state index < -0.39 is 11.7 Å². The molecule has 0 saturated carbocycles. The molecule has 6 heteroatoms. The summed E-state index contributed by atoms with van der Waals surface area (Å²) in [5.41, 5.74) is 0.477. The van der Waals surface area contributed by atoms with E-state index in [1.165, 1.54) is 6.07 Å². The number of hydrogen-bond acceptors (Lipinski definition) is 4. The lowest BCUT2D eigenvalue weighted by molar-refractivity contribution is -0.112. The number of amides is 1. The molecule has 3 heterocycles. The Morgan fingerprint density at radius 1 is 1.19 bits per heavy atom. The van der Waals surface area contributed by atoms with E-state index in [2.05, 4.69) is 10.3 Å². The second-order valence-corrected chi connectivity index (χ2v) is 3.84. The molecule has 0 unspecified atom stereocenters. The van der Waals surface area contributed by atoms with Crippen LogP contribution in [0.2, 0.25) is 0 Å². The van der Waals surface area contributed by atoms with Crippen molar-refractivity contribution >= 4 is 28.7 Å². The second kappa shape index (κ2) is 4.19. The van der Waals surface area contributed by atoms with Crippen LogP contribution >= 0.6 is 11.3 Å². The maximum atomic E-state index is 10.9. The van der Waals surface area contributed by atoms with Gasteiger partial charge in [0.2, 0.25) is 0 Å². The average Bonchev–Trinajstić information content (AvgIpc) is 2.92. The van der Waals surface area contributed by atoms with Crippen LogP contribution in [0.25, 0.3) is 0 Å². The molecular formula is C10H8N2O3S. The number of aromatic amines is 1. The zero-order valence-electron chi connectivity index (χ0n) is 8.06. The fraction of sp³-hybridized carbons (Fsp3) is 0. The molecule has 5 nitrogen and oxygen atoms in total. The van der Waals surface area contributed by atoms with Crippen LogP contribution in [0.5, 0.6) is 5.88 Å². The van der Waals surface area contributed by atoms with E-state index in [1.807, 2.05) is 22.9 Å². The number of carbonyl (C=O) groups excluding carboxylic acids is 2. The smallest absolute Gasteiger partial charge is 0.298 e. The molecule has 82 valence electrons. The van der Waals surface area contributed by atoms with E-state index in [0.717, 1.165) is 0 Å². The minimum atomic E-state index is -0.661. The highest BCUT2D eigenvalue weighted by Crippen LogP contribution is 2.26. The van der Waals surface area contributed by atoms with Crippen molar-refractivity contribution in [3.8, 4) is 5.88 Å². The number of fused-ring (bicyclic) bond motifs is 1. The first-order valence-corrected chi connectivity index (χ1v) is 5.37. The number of nitrogens with one attached hydrogen (secondary N) is 2. The summed E-state index contributed by atoms with van der Waals surface area (Å²) >= 11 is 1.71. The molecule has 3 N–H and O–H groups in total. The van der Waals surface area contributed by atoms with Gasteiger partial charge >= 0.3 is 0 Å². The van der Waals surface area contributed by atoms with Crippen molar-refractivity contribution in [2.45, 2.75) is 0 Å². The van der Waals surface area contributed by atoms with E-state index in [1.54, 1.807) is 11.3 Å². The number of aromatic nitrogens is 1. The molecule has 0 spiro atoms. The maximum absolute atomic E-state index is 10.9. The molecule has 1 aliphatic heterocycles. The van der Waals surface area contributed by atoms with E-state index in [-0.39, 0.29) is 11.6 Å². The van der Waals surface area contributed by atoms with Gasteiger partial charge in [-0.3, -0.25) is 9.59 Å². The molecule has 0 fully saturated rings. The van der Waals surface area contributed by atoms with Crippen molar-refractivity contribution in [3.63, 3.8) is 0 Å². The summed E-state index contributed by atoms with van der Waals surface area (Å²) in [7, 11) is 0. The molecule has 0 bridgehead atoms. The number of H-pyrrole nitrogens is 1. The van der Waals surface area contributed by atoms with Gasteiger partial charge < -0.3 is 15.4 Å². The van der Waals surface area contributed by atoms with Crippen molar-refractivity contribution < 1.29 is 14.7 Å². The normalized spacial score (nSPS) is 12.8. The first-order valence-electron chi connectivity index (χ1n) is 4.43. The fourth-order valence-corrected chi connectivity index (χ4v) is 1.69. The van der Waals surface area contributed by atoms with Crippen LogP contribution in [0.15, 0.2) is 29.0 Å². The number of Topliss-reactive ketones (excluding diaryl/α,β-unsaturated/α-hetero) is 1. The number of aromatic hydroxyl groups is 1. The maximum Gasteiger partial charge on any atom is 0.298 e. The molecule has 0 saturated heterocycles. The highest BCUT2D eigenvalue weighted by molar-refractivity contribution is 7.07. The summed E-state index contributed by atoms with van der Waals surface area (Å²) in [6, 6.07) is 5.33. The third-order valence-electron chi connectivity index (χ3n) is 1.91. The number of hydrogen-bond donors (Lipinski definition) is 3. The predicted molar refractivity (Wildman–Crippen MR) is 59.7 cm³/mol.